The molecule has 1 amide bonds. The molecular weight excluding hydrogens is 332 g/mol. The van der Waals surface area contributed by atoms with Crippen LogP contribution in [0.1, 0.15) is 22.5 Å². The first-order chi connectivity index (χ1) is 12.8. The fourth-order valence-electron chi connectivity index (χ4n) is 3.21. The van der Waals surface area contributed by atoms with Crippen LogP contribution in [0, 0.1) is 0 Å². The third kappa shape index (κ3) is 3.80. The Morgan fingerprint density at radius 3 is 2.81 bits per heavy atom. The largest absolute Gasteiger partial charge is 0.486 e. The van der Waals surface area contributed by atoms with E-state index in [2.05, 4.69) is 4.98 Å². The molecule has 0 radical (unpaired) electrons. The number of amides is 1. The highest BCUT2D eigenvalue weighted by Gasteiger charge is 2.22. The second-order valence-electron chi connectivity index (χ2n) is 6.48. The zero-order valence-corrected chi connectivity index (χ0v) is 14.6. The van der Waals surface area contributed by atoms with Crippen LogP contribution >= 0.6 is 0 Å². The Bertz CT molecular complexity index is 774. The molecule has 4 rings (SSSR count). The third-order valence-electron chi connectivity index (χ3n) is 4.65. The fraction of sp³-hybridized carbons (Fsp3) is 0.400. The number of carbonyl (C=O) groups excluding carboxylic acids is 1. The maximum atomic E-state index is 12.6. The van der Waals surface area contributed by atoms with Gasteiger partial charge in [-0.25, -0.2) is 0 Å². The van der Waals surface area contributed by atoms with Crippen LogP contribution in [0.2, 0.25) is 0 Å². The van der Waals surface area contributed by atoms with Gasteiger partial charge in [-0.2, -0.15) is 0 Å². The summed E-state index contributed by atoms with van der Waals surface area (Å²) >= 11 is 0. The van der Waals surface area contributed by atoms with Gasteiger partial charge in [-0.15, -0.1) is 0 Å². The van der Waals surface area contributed by atoms with Crippen LogP contribution in [-0.2, 0) is 11.2 Å². The number of morpholine rings is 1. The quantitative estimate of drug-likeness (QED) is 0.843. The first-order valence-electron chi connectivity index (χ1n) is 9.00. The summed E-state index contributed by atoms with van der Waals surface area (Å²) in [6.07, 6.45) is 3.22. The van der Waals surface area contributed by atoms with Crippen molar-refractivity contribution in [2.24, 2.45) is 0 Å². The van der Waals surface area contributed by atoms with Gasteiger partial charge in [0, 0.05) is 30.5 Å². The van der Waals surface area contributed by atoms with Crippen LogP contribution in [-0.4, -0.2) is 54.8 Å². The second-order valence-corrected chi connectivity index (χ2v) is 6.48. The Morgan fingerprint density at radius 2 is 1.96 bits per heavy atom. The smallest absolute Gasteiger partial charge is 0.254 e. The summed E-state index contributed by atoms with van der Waals surface area (Å²) in [6.45, 7) is 3.02. The zero-order valence-electron chi connectivity index (χ0n) is 14.6. The molecular formula is C20H22N2O4. The third-order valence-corrected chi connectivity index (χ3v) is 4.65. The van der Waals surface area contributed by atoms with Gasteiger partial charge in [-0.3, -0.25) is 9.78 Å². The molecule has 26 heavy (non-hydrogen) atoms. The molecule has 1 aromatic carbocycles. The Kier molecular flexibility index (Phi) is 5.02. The van der Waals surface area contributed by atoms with E-state index in [1.165, 1.54) is 0 Å². The van der Waals surface area contributed by atoms with Crippen molar-refractivity contribution < 1.29 is 19.0 Å². The van der Waals surface area contributed by atoms with Crippen LogP contribution < -0.4 is 9.47 Å². The Labute approximate surface area is 152 Å². The molecule has 2 aromatic rings. The van der Waals surface area contributed by atoms with Crippen molar-refractivity contribution in [3.8, 4) is 11.5 Å². The number of pyridine rings is 1. The lowest BCUT2D eigenvalue weighted by atomic mass is 10.1. The summed E-state index contributed by atoms with van der Waals surface area (Å²) in [4.78, 5) is 18.8. The van der Waals surface area contributed by atoms with Crippen LogP contribution in [0.4, 0.5) is 0 Å². The predicted octanol–water partition coefficient (Wildman–Crippen LogP) is 2.33. The van der Waals surface area contributed by atoms with Gasteiger partial charge in [0.2, 0.25) is 0 Å². The van der Waals surface area contributed by atoms with E-state index in [0.717, 1.165) is 30.0 Å². The molecule has 1 aromatic heterocycles. The van der Waals surface area contributed by atoms with Gasteiger partial charge in [0.05, 0.1) is 13.2 Å². The average Bonchev–Trinajstić information content (AvgIpc) is 2.72. The summed E-state index contributed by atoms with van der Waals surface area (Å²) in [5, 5.41) is 0. The van der Waals surface area contributed by atoms with E-state index in [1.54, 1.807) is 12.3 Å². The molecule has 6 heteroatoms. The number of nitrogens with zero attached hydrogens (tertiary/aromatic N) is 2. The van der Waals surface area contributed by atoms with Crippen molar-refractivity contribution in [3.05, 3.63) is 53.9 Å². The molecule has 1 fully saturated rings. The SMILES string of the molecule is O=C(c1ccnc(CC[C@@H]2COc3ccccc3O2)c1)N1CCOCC1. The molecule has 2 aliphatic heterocycles. The molecule has 1 saturated heterocycles. The van der Waals surface area contributed by atoms with E-state index in [0.29, 0.717) is 38.5 Å². The van der Waals surface area contributed by atoms with Gasteiger partial charge in [0.1, 0.15) is 12.7 Å². The summed E-state index contributed by atoms with van der Waals surface area (Å²) in [5.74, 6) is 1.62. The van der Waals surface area contributed by atoms with Crippen molar-refractivity contribution in [1.82, 2.24) is 9.88 Å². The van der Waals surface area contributed by atoms with E-state index in [9.17, 15) is 4.79 Å². The second kappa shape index (κ2) is 7.74. The summed E-state index contributed by atoms with van der Waals surface area (Å²) in [6, 6.07) is 11.4. The molecule has 0 spiro atoms. The zero-order chi connectivity index (χ0) is 17.8. The number of rotatable bonds is 4. The minimum atomic E-state index is -0.00898. The molecule has 3 heterocycles. The number of carbonyl (C=O) groups is 1. The van der Waals surface area contributed by atoms with Gasteiger partial charge in [-0.05, 0) is 37.1 Å². The minimum Gasteiger partial charge on any atom is -0.486 e. The highest BCUT2D eigenvalue weighted by Crippen LogP contribution is 2.31. The molecule has 0 unspecified atom stereocenters. The van der Waals surface area contributed by atoms with E-state index in [4.69, 9.17) is 14.2 Å². The first kappa shape index (κ1) is 16.8. The lowest BCUT2D eigenvalue weighted by molar-refractivity contribution is 0.0302. The van der Waals surface area contributed by atoms with Crippen LogP contribution in [0.5, 0.6) is 11.5 Å². The first-order valence-corrected chi connectivity index (χ1v) is 9.00. The van der Waals surface area contributed by atoms with Crippen LogP contribution in [0.15, 0.2) is 42.6 Å². The normalized spacial score (nSPS) is 19.2. The standard InChI is InChI=1S/C20H22N2O4/c23-20(22-9-11-24-12-10-22)15-7-8-21-16(13-15)5-6-17-14-25-18-3-1-2-4-19(18)26-17/h1-4,7-8,13,17H,5-6,9-12,14H2/t17-/m1/s1. The number of aromatic nitrogens is 1. The van der Waals surface area contributed by atoms with E-state index in [-0.39, 0.29) is 12.0 Å². The molecule has 0 saturated carbocycles. The monoisotopic (exact) mass is 354 g/mol. The van der Waals surface area contributed by atoms with Crippen molar-refractivity contribution >= 4 is 5.91 Å². The van der Waals surface area contributed by atoms with Gasteiger partial charge >= 0.3 is 0 Å². The fourth-order valence-corrected chi connectivity index (χ4v) is 3.21. The van der Waals surface area contributed by atoms with Crippen molar-refractivity contribution in [1.29, 1.82) is 0 Å². The lowest BCUT2D eigenvalue weighted by Gasteiger charge is -2.27. The van der Waals surface area contributed by atoms with E-state index >= 15 is 0 Å². The minimum absolute atomic E-state index is 0.00898. The van der Waals surface area contributed by atoms with Gasteiger partial charge in [0.25, 0.3) is 5.91 Å². The van der Waals surface area contributed by atoms with Crippen molar-refractivity contribution in [2.45, 2.75) is 18.9 Å². The van der Waals surface area contributed by atoms with E-state index < -0.39 is 0 Å². The number of para-hydroxylation sites is 2. The van der Waals surface area contributed by atoms with Gasteiger partial charge < -0.3 is 19.1 Å². The number of hydrogen-bond acceptors (Lipinski definition) is 5. The van der Waals surface area contributed by atoms with Crippen molar-refractivity contribution in [3.63, 3.8) is 0 Å². The molecule has 6 nitrogen and oxygen atoms in total. The number of ether oxygens (including phenoxy) is 3. The highest BCUT2D eigenvalue weighted by molar-refractivity contribution is 5.94. The average molecular weight is 354 g/mol. The Morgan fingerprint density at radius 1 is 1.15 bits per heavy atom. The van der Waals surface area contributed by atoms with Crippen LogP contribution in [0.25, 0.3) is 0 Å². The number of benzene rings is 1. The molecule has 136 valence electrons. The van der Waals surface area contributed by atoms with Crippen LogP contribution in [0.3, 0.4) is 0 Å². The summed E-state index contributed by atoms with van der Waals surface area (Å²) in [5.41, 5.74) is 1.58. The number of aryl methyl sites for hydroxylation is 1. The molecule has 1 atom stereocenters. The van der Waals surface area contributed by atoms with Gasteiger partial charge in [-0.1, -0.05) is 12.1 Å². The molecule has 2 aliphatic rings. The van der Waals surface area contributed by atoms with E-state index in [1.807, 2.05) is 35.2 Å². The maximum absolute atomic E-state index is 12.6. The van der Waals surface area contributed by atoms with Gasteiger partial charge in [0.15, 0.2) is 11.5 Å². The molecule has 0 N–H and O–H groups in total. The molecule has 0 aliphatic carbocycles. The predicted molar refractivity (Wildman–Crippen MR) is 95.6 cm³/mol. The van der Waals surface area contributed by atoms with Crippen molar-refractivity contribution in [2.75, 3.05) is 32.9 Å². The number of fused-ring (bicyclic) bond motifs is 1. The number of hydrogen-bond donors (Lipinski definition) is 0. The highest BCUT2D eigenvalue weighted by atomic mass is 16.6. The maximum Gasteiger partial charge on any atom is 0.254 e. The topological polar surface area (TPSA) is 60.9 Å². The lowest BCUT2D eigenvalue weighted by Crippen LogP contribution is -2.40. The Balaban J connectivity index is 1.36. The summed E-state index contributed by atoms with van der Waals surface area (Å²) < 4.78 is 17.0. The Hall–Kier alpha value is -2.60. The molecule has 0 bridgehead atoms. The summed E-state index contributed by atoms with van der Waals surface area (Å²) in [7, 11) is 0.